The van der Waals surface area contributed by atoms with Crippen LogP contribution in [0.4, 0.5) is 5.69 Å². The fraction of sp³-hybridized carbons (Fsp3) is 0.455. The van der Waals surface area contributed by atoms with E-state index >= 15 is 0 Å². The Morgan fingerprint density at radius 2 is 2.35 bits per heavy atom. The summed E-state index contributed by atoms with van der Waals surface area (Å²) in [7, 11) is 3.14. The number of methoxy groups -OCH3 is 2. The molecule has 1 amide bonds. The number of rotatable bonds is 6. The molecule has 0 saturated heterocycles. The van der Waals surface area contributed by atoms with Gasteiger partial charge in [-0.3, -0.25) is 9.78 Å². The predicted octanol–water partition coefficient (Wildman–Crippen LogP) is 0.0550. The van der Waals surface area contributed by atoms with Crippen LogP contribution >= 0.6 is 0 Å². The van der Waals surface area contributed by atoms with Crippen LogP contribution in [0.3, 0.4) is 0 Å². The van der Waals surface area contributed by atoms with Crippen LogP contribution in [-0.2, 0) is 9.47 Å². The highest BCUT2D eigenvalue weighted by Crippen LogP contribution is 2.07. The maximum absolute atomic E-state index is 11.8. The third-order valence-electron chi connectivity index (χ3n) is 2.27. The number of carbonyl (C=O) groups is 1. The smallest absolute Gasteiger partial charge is 0.253 e. The van der Waals surface area contributed by atoms with Crippen LogP contribution in [0.5, 0.6) is 0 Å². The molecule has 0 aliphatic rings. The van der Waals surface area contributed by atoms with Crippen LogP contribution in [0.2, 0.25) is 0 Å². The van der Waals surface area contributed by atoms with Gasteiger partial charge in [0.25, 0.3) is 5.91 Å². The first-order valence-corrected chi connectivity index (χ1v) is 5.18. The summed E-state index contributed by atoms with van der Waals surface area (Å²) < 4.78 is 10.1. The van der Waals surface area contributed by atoms with Gasteiger partial charge in [0.2, 0.25) is 0 Å². The fourth-order valence-electron chi connectivity index (χ4n) is 1.31. The third kappa shape index (κ3) is 4.01. The number of nitrogens with zero attached hydrogens (tertiary/aromatic N) is 1. The monoisotopic (exact) mass is 239 g/mol. The lowest BCUT2D eigenvalue weighted by atomic mass is 10.2. The lowest BCUT2D eigenvalue weighted by Crippen LogP contribution is -2.35. The second kappa shape index (κ2) is 6.82. The Morgan fingerprint density at radius 1 is 1.59 bits per heavy atom. The van der Waals surface area contributed by atoms with E-state index in [9.17, 15) is 4.79 Å². The molecule has 1 rings (SSSR count). The summed E-state index contributed by atoms with van der Waals surface area (Å²) in [5.74, 6) is -0.247. The van der Waals surface area contributed by atoms with Crippen molar-refractivity contribution in [3.8, 4) is 0 Å². The highest BCUT2D eigenvalue weighted by molar-refractivity contribution is 5.98. The summed E-state index contributed by atoms with van der Waals surface area (Å²) >= 11 is 0. The highest BCUT2D eigenvalue weighted by atomic mass is 16.5. The molecule has 0 saturated carbocycles. The van der Waals surface area contributed by atoms with Crippen LogP contribution in [0.1, 0.15) is 10.4 Å². The van der Waals surface area contributed by atoms with E-state index in [4.69, 9.17) is 15.2 Å². The molecule has 0 aliphatic heterocycles. The van der Waals surface area contributed by atoms with Crippen molar-refractivity contribution in [1.82, 2.24) is 10.3 Å². The Labute approximate surface area is 100 Å². The predicted molar refractivity (Wildman–Crippen MR) is 63.7 cm³/mol. The minimum atomic E-state index is -0.247. The zero-order valence-electron chi connectivity index (χ0n) is 9.97. The molecule has 0 aliphatic carbocycles. The van der Waals surface area contributed by atoms with Crippen LogP contribution in [-0.4, -0.2) is 44.4 Å². The molecule has 1 unspecified atom stereocenters. The first-order chi connectivity index (χ1) is 8.19. The van der Waals surface area contributed by atoms with Crippen molar-refractivity contribution < 1.29 is 14.3 Å². The number of carbonyl (C=O) groups excluding carboxylic acids is 1. The summed E-state index contributed by atoms with van der Waals surface area (Å²) in [6.07, 6.45) is 2.79. The van der Waals surface area contributed by atoms with Gasteiger partial charge in [-0.05, 0) is 6.07 Å². The van der Waals surface area contributed by atoms with Crippen LogP contribution < -0.4 is 11.1 Å². The van der Waals surface area contributed by atoms with Gasteiger partial charge < -0.3 is 20.5 Å². The van der Waals surface area contributed by atoms with Gasteiger partial charge in [-0.2, -0.15) is 0 Å². The summed E-state index contributed by atoms with van der Waals surface area (Å²) in [5.41, 5.74) is 6.40. The number of ether oxygens (including phenoxy) is 2. The molecule has 1 heterocycles. The van der Waals surface area contributed by atoms with E-state index in [1.165, 1.54) is 12.4 Å². The topological polar surface area (TPSA) is 86.5 Å². The molecule has 3 N–H and O–H groups in total. The lowest BCUT2D eigenvalue weighted by Gasteiger charge is -2.15. The van der Waals surface area contributed by atoms with Gasteiger partial charge in [0.15, 0.2) is 0 Å². The Kier molecular flexibility index (Phi) is 5.38. The zero-order chi connectivity index (χ0) is 12.7. The van der Waals surface area contributed by atoms with E-state index in [0.29, 0.717) is 24.4 Å². The number of hydrogen-bond acceptors (Lipinski definition) is 5. The first kappa shape index (κ1) is 13.4. The SMILES string of the molecule is COCC(CNC(=O)c1ccncc1N)OC. The van der Waals surface area contributed by atoms with E-state index < -0.39 is 0 Å². The molecule has 0 radical (unpaired) electrons. The van der Waals surface area contributed by atoms with E-state index in [1.54, 1.807) is 20.3 Å². The van der Waals surface area contributed by atoms with Gasteiger partial charge in [0.05, 0.1) is 30.2 Å². The van der Waals surface area contributed by atoms with Crippen LogP contribution in [0, 0.1) is 0 Å². The van der Waals surface area contributed by atoms with Crippen molar-refractivity contribution in [3.05, 3.63) is 24.0 Å². The van der Waals surface area contributed by atoms with Gasteiger partial charge in [0.1, 0.15) is 0 Å². The Bertz CT molecular complexity index is 371. The number of nitrogen functional groups attached to an aromatic ring is 1. The molecule has 0 spiro atoms. The second-order valence-electron chi connectivity index (χ2n) is 3.49. The number of nitrogens with two attached hydrogens (primary N) is 1. The van der Waals surface area contributed by atoms with Gasteiger partial charge >= 0.3 is 0 Å². The average molecular weight is 239 g/mol. The number of anilines is 1. The van der Waals surface area contributed by atoms with E-state index in [2.05, 4.69) is 10.3 Å². The molecule has 17 heavy (non-hydrogen) atoms. The standard InChI is InChI=1S/C11H17N3O3/c1-16-7-8(17-2)5-14-11(15)9-3-4-13-6-10(9)12/h3-4,6,8H,5,7,12H2,1-2H3,(H,14,15). The summed E-state index contributed by atoms with van der Waals surface area (Å²) in [4.78, 5) is 15.6. The third-order valence-corrected chi connectivity index (χ3v) is 2.27. The maximum atomic E-state index is 11.8. The van der Waals surface area contributed by atoms with E-state index in [-0.39, 0.29) is 12.0 Å². The number of nitrogens with one attached hydrogen (secondary N) is 1. The van der Waals surface area contributed by atoms with Crippen molar-refractivity contribution in [2.24, 2.45) is 0 Å². The van der Waals surface area contributed by atoms with Crippen LogP contribution in [0.15, 0.2) is 18.5 Å². The fourth-order valence-corrected chi connectivity index (χ4v) is 1.31. The molecular formula is C11H17N3O3. The zero-order valence-corrected chi connectivity index (χ0v) is 9.97. The first-order valence-electron chi connectivity index (χ1n) is 5.18. The second-order valence-corrected chi connectivity index (χ2v) is 3.49. The average Bonchev–Trinajstić information content (AvgIpc) is 2.34. The molecule has 0 aromatic carbocycles. The molecule has 0 fully saturated rings. The van der Waals surface area contributed by atoms with Crippen molar-refractivity contribution >= 4 is 11.6 Å². The molecule has 6 nitrogen and oxygen atoms in total. The highest BCUT2D eigenvalue weighted by Gasteiger charge is 2.12. The summed E-state index contributed by atoms with van der Waals surface area (Å²) in [6.45, 7) is 0.785. The van der Waals surface area contributed by atoms with Gasteiger partial charge in [-0.1, -0.05) is 0 Å². The molecule has 1 atom stereocenters. The molecule has 94 valence electrons. The number of hydrogen-bond donors (Lipinski definition) is 2. The molecule has 6 heteroatoms. The molecule has 0 bridgehead atoms. The lowest BCUT2D eigenvalue weighted by molar-refractivity contribution is 0.0285. The minimum Gasteiger partial charge on any atom is -0.397 e. The summed E-state index contributed by atoms with van der Waals surface area (Å²) in [6, 6.07) is 1.57. The molecule has 1 aromatic heterocycles. The van der Waals surface area contributed by atoms with Crippen molar-refractivity contribution in [2.45, 2.75) is 6.10 Å². The van der Waals surface area contributed by atoms with E-state index in [1.807, 2.05) is 0 Å². The molecular weight excluding hydrogens is 222 g/mol. The van der Waals surface area contributed by atoms with Gasteiger partial charge in [-0.25, -0.2) is 0 Å². The Morgan fingerprint density at radius 3 is 2.94 bits per heavy atom. The molecule has 1 aromatic rings. The Balaban J connectivity index is 2.52. The quantitative estimate of drug-likeness (QED) is 0.732. The van der Waals surface area contributed by atoms with Crippen molar-refractivity contribution in [3.63, 3.8) is 0 Å². The summed E-state index contributed by atoms with van der Waals surface area (Å²) in [5, 5.41) is 2.72. The van der Waals surface area contributed by atoms with Gasteiger partial charge in [-0.15, -0.1) is 0 Å². The van der Waals surface area contributed by atoms with Crippen LogP contribution in [0.25, 0.3) is 0 Å². The van der Waals surface area contributed by atoms with E-state index in [0.717, 1.165) is 0 Å². The number of pyridine rings is 1. The van der Waals surface area contributed by atoms with Crippen molar-refractivity contribution in [2.75, 3.05) is 33.1 Å². The normalized spacial score (nSPS) is 12.1. The maximum Gasteiger partial charge on any atom is 0.253 e. The Hall–Kier alpha value is -1.66. The minimum absolute atomic E-state index is 0.174. The largest absolute Gasteiger partial charge is 0.397 e. The number of amides is 1. The van der Waals surface area contributed by atoms with Crippen molar-refractivity contribution in [1.29, 1.82) is 0 Å². The number of aromatic nitrogens is 1. The van der Waals surface area contributed by atoms with Gasteiger partial charge in [0, 0.05) is 27.0 Å².